The zero-order valence-electron chi connectivity index (χ0n) is 26.6. The van der Waals surface area contributed by atoms with Gasteiger partial charge in [0.1, 0.15) is 0 Å². The number of anilines is 6. The van der Waals surface area contributed by atoms with Crippen LogP contribution >= 0.6 is 0 Å². The van der Waals surface area contributed by atoms with Gasteiger partial charge < -0.3 is 30.4 Å². The number of nitrogens with one attached hydrogen (secondary N) is 4. The van der Waals surface area contributed by atoms with Crippen molar-refractivity contribution in [3.63, 3.8) is 0 Å². The lowest BCUT2D eigenvalue weighted by Crippen LogP contribution is -2.22. The fourth-order valence-electron chi connectivity index (χ4n) is 2.76. The smallest absolute Gasteiger partial charge is 0.414 e. The van der Waals surface area contributed by atoms with E-state index in [0.29, 0.717) is 25.9 Å². The summed E-state index contributed by atoms with van der Waals surface area (Å²) in [6.07, 6.45) is 3.48. The summed E-state index contributed by atoms with van der Waals surface area (Å²) in [5, 5.41) is 9.27. The van der Waals surface area contributed by atoms with Crippen LogP contribution in [0.2, 0.25) is 0 Å². The first-order chi connectivity index (χ1) is 22.1. The molecule has 0 saturated heterocycles. The molecule has 0 aliphatic rings. The summed E-state index contributed by atoms with van der Waals surface area (Å²) in [5.41, 5.74) is 10.6. The number of rotatable bonds is 16. The van der Waals surface area contributed by atoms with Gasteiger partial charge in [-0.25, -0.2) is 19.2 Å². The summed E-state index contributed by atoms with van der Waals surface area (Å²) in [6, 6.07) is 0. The Balaban J connectivity index is 0.000000554. The fourth-order valence-corrected chi connectivity index (χ4v) is 2.76. The summed E-state index contributed by atoms with van der Waals surface area (Å²) >= 11 is 0. The molecular weight excluding hydrogens is 608 g/mol. The summed E-state index contributed by atoms with van der Waals surface area (Å²) in [5.74, 6) is -0.808. The van der Waals surface area contributed by atoms with Gasteiger partial charge in [-0.3, -0.25) is 21.3 Å². The third-order valence-corrected chi connectivity index (χ3v) is 5.09. The van der Waals surface area contributed by atoms with Crippen LogP contribution in [0.4, 0.5) is 54.9 Å². The zero-order chi connectivity index (χ0) is 34.2. The standard InChI is InChI=1S/C18H30N6O6.C8H14N6O2/c1-4-7-10-28-16(25)22-13-19-14(23-17(26)29-11-8-5-2)21-15(20-13)24-18(27)30-12-9-6-3;1-2-3-4-16-8(15)14-7-12-5(9)11-6(10)13-7/h4-12H2,1-3H3,(H3,19,20,21,22,23,24,25,26,27);2-4H2,1H3,(H5,9,10,11,12,13,14,15). The average molecular weight is 653 g/mol. The molecule has 0 atom stereocenters. The maximum absolute atomic E-state index is 11.8. The van der Waals surface area contributed by atoms with Crippen LogP contribution in [-0.4, -0.2) is 80.7 Å². The number of nitrogen functional groups attached to an aromatic ring is 2. The molecule has 2 rings (SSSR count). The van der Waals surface area contributed by atoms with Crippen molar-refractivity contribution in [1.82, 2.24) is 29.9 Å². The topological polar surface area (TPSA) is 283 Å². The van der Waals surface area contributed by atoms with Crippen molar-refractivity contribution in [2.45, 2.75) is 79.1 Å². The minimum absolute atomic E-state index is 0.0218. The van der Waals surface area contributed by atoms with Crippen LogP contribution in [0.3, 0.4) is 0 Å². The third kappa shape index (κ3) is 18.4. The molecule has 20 nitrogen and oxygen atoms in total. The minimum Gasteiger partial charge on any atom is -0.449 e. The zero-order valence-corrected chi connectivity index (χ0v) is 26.6. The normalized spacial score (nSPS) is 10.0. The number of hydrogen-bond donors (Lipinski definition) is 6. The van der Waals surface area contributed by atoms with Crippen molar-refractivity contribution in [2.75, 3.05) is 59.2 Å². The predicted octanol–water partition coefficient (Wildman–Crippen LogP) is 4.30. The highest BCUT2D eigenvalue weighted by Crippen LogP contribution is 2.11. The quantitative estimate of drug-likeness (QED) is 0.109. The van der Waals surface area contributed by atoms with Crippen LogP contribution in [0.1, 0.15) is 79.1 Å². The first-order valence-corrected chi connectivity index (χ1v) is 14.9. The van der Waals surface area contributed by atoms with E-state index in [1.54, 1.807) is 0 Å². The molecule has 8 N–H and O–H groups in total. The summed E-state index contributed by atoms with van der Waals surface area (Å²) in [6.45, 7) is 8.92. The van der Waals surface area contributed by atoms with Crippen LogP contribution in [0, 0.1) is 0 Å². The van der Waals surface area contributed by atoms with Gasteiger partial charge in [0.05, 0.1) is 26.4 Å². The molecule has 2 heterocycles. The Hall–Kier alpha value is -5.30. The maximum Gasteiger partial charge on any atom is 0.414 e. The SMILES string of the molecule is CCCCOC(=O)Nc1nc(N)nc(N)n1.CCCCOC(=O)Nc1nc(NC(=O)OCCCC)nc(NC(=O)OCCCC)n1. The van der Waals surface area contributed by atoms with Crippen molar-refractivity contribution in [3.8, 4) is 0 Å². The highest BCUT2D eigenvalue weighted by Gasteiger charge is 2.15. The Morgan fingerprint density at radius 3 is 0.935 bits per heavy atom. The molecule has 0 fully saturated rings. The number of ether oxygens (including phenoxy) is 4. The van der Waals surface area contributed by atoms with Gasteiger partial charge in [-0.15, -0.1) is 0 Å². The van der Waals surface area contributed by atoms with Gasteiger partial charge in [-0.05, 0) is 25.7 Å². The van der Waals surface area contributed by atoms with E-state index in [-0.39, 0.29) is 55.5 Å². The number of unbranched alkanes of at least 4 members (excludes halogenated alkanes) is 4. The number of aromatic nitrogens is 6. The van der Waals surface area contributed by atoms with Crippen LogP contribution in [0.25, 0.3) is 0 Å². The fraction of sp³-hybridized carbons (Fsp3) is 0.615. The molecule has 2 aromatic rings. The van der Waals surface area contributed by atoms with Crippen molar-refractivity contribution >= 4 is 60.1 Å². The molecule has 0 aliphatic carbocycles. The molecule has 0 spiro atoms. The highest BCUT2D eigenvalue weighted by molar-refractivity contribution is 5.86. The maximum atomic E-state index is 11.8. The van der Waals surface area contributed by atoms with E-state index in [2.05, 4.69) is 51.2 Å². The van der Waals surface area contributed by atoms with E-state index in [4.69, 9.17) is 30.4 Å². The lowest BCUT2D eigenvalue weighted by molar-refractivity contribution is 0.158. The van der Waals surface area contributed by atoms with E-state index in [0.717, 1.165) is 32.1 Å². The second-order valence-corrected chi connectivity index (χ2v) is 9.14. The van der Waals surface area contributed by atoms with Crippen LogP contribution in [-0.2, 0) is 18.9 Å². The van der Waals surface area contributed by atoms with Gasteiger partial charge in [0.25, 0.3) is 0 Å². The molecule has 0 bridgehead atoms. The number of nitrogens with two attached hydrogens (primary N) is 2. The molecule has 4 amide bonds. The van der Waals surface area contributed by atoms with E-state index < -0.39 is 24.4 Å². The van der Waals surface area contributed by atoms with Crippen LogP contribution in [0.5, 0.6) is 0 Å². The minimum atomic E-state index is -0.775. The summed E-state index contributed by atoms with van der Waals surface area (Å²) in [7, 11) is 0. The van der Waals surface area contributed by atoms with Gasteiger partial charge >= 0.3 is 24.4 Å². The molecular formula is C26H44N12O8. The largest absolute Gasteiger partial charge is 0.449 e. The number of hydrogen-bond acceptors (Lipinski definition) is 16. The van der Waals surface area contributed by atoms with Crippen molar-refractivity contribution < 1.29 is 38.1 Å². The Labute approximate surface area is 266 Å². The first-order valence-electron chi connectivity index (χ1n) is 14.9. The van der Waals surface area contributed by atoms with Crippen molar-refractivity contribution in [1.29, 1.82) is 0 Å². The Bertz CT molecular complexity index is 1110. The molecule has 0 saturated carbocycles. The number of amides is 4. The predicted molar refractivity (Wildman–Crippen MR) is 168 cm³/mol. The van der Waals surface area contributed by atoms with Crippen molar-refractivity contribution in [3.05, 3.63) is 0 Å². The molecule has 0 aliphatic heterocycles. The van der Waals surface area contributed by atoms with Gasteiger partial charge in [0, 0.05) is 0 Å². The first kappa shape index (κ1) is 38.7. The monoisotopic (exact) mass is 652 g/mol. The second kappa shape index (κ2) is 23.1. The Morgan fingerprint density at radius 1 is 0.457 bits per heavy atom. The van der Waals surface area contributed by atoms with Gasteiger partial charge in [0.2, 0.25) is 35.7 Å². The Morgan fingerprint density at radius 2 is 0.696 bits per heavy atom. The number of carbonyl (C=O) groups is 4. The van der Waals surface area contributed by atoms with Gasteiger partial charge in [-0.2, -0.15) is 29.9 Å². The van der Waals surface area contributed by atoms with Gasteiger partial charge in [0.15, 0.2) is 0 Å². The van der Waals surface area contributed by atoms with E-state index in [9.17, 15) is 19.2 Å². The number of nitrogens with zero attached hydrogens (tertiary/aromatic N) is 6. The van der Waals surface area contributed by atoms with Crippen LogP contribution < -0.4 is 32.7 Å². The highest BCUT2D eigenvalue weighted by atomic mass is 16.6. The molecule has 0 radical (unpaired) electrons. The molecule has 0 aromatic carbocycles. The molecule has 0 unspecified atom stereocenters. The second-order valence-electron chi connectivity index (χ2n) is 9.14. The third-order valence-electron chi connectivity index (χ3n) is 5.09. The van der Waals surface area contributed by atoms with E-state index in [1.165, 1.54) is 0 Å². The average Bonchev–Trinajstić information content (AvgIpc) is 2.97. The lowest BCUT2D eigenvalue weighted by Gasteiger charge is -2.10. The van der Waals surface area contributed by atoms with Crippen molar-refractivity contribution in [2.24, 2.45) is 0 Å². The molecule has 20 heteroatoms. The van der Waals surface area contributed by atoms with Gasteiger partial charge in [-0.1, -0.05) is 53.4 Å². The molecule has 46 heavy (non-hydrogen) atoms. The van der Waals surface area contributed by atoms with E-state index >= 15 is 0 Å². The number of carbonyl (C=O) groups excluding carboxylic acids is 4. The molecule has 2 aromatic heterocycles. The van der Waals surface area contributed by atoms with Crippen LogP contribution in [0.15, 0.2) is 0 Å². The summed E-state index contributed by atoms with van der Waals surface area (Å²) < 4.78 is 19.8. The Kier molecular flexibility index (Phi) is 19.5. The van der Waals surface area contributed by atoms with E-state index in [1.807, 2.05) is 27.7 Å². The summed E-state index contributed by atoms with van der Waals surface area (Å²) in [4.78, 5) is 69.4. The molecule has 256 valence electrons. The lowest BCUT2D eigenvalue weighted by atomic mass is 10.4.